The first-order chi connectivity index (χ1) is 8.04. The first-order valence-electron chi connectivity index (χ1n) is 5.08. The van der Waals surface area contributed by atoms with Crippen molar-refractivity contribution >= 4 is 0 Å². The van der Waals surface area contributed by atoms with E-state index in [0.29, 0.717) is 0 Å². The SMILES string of the molecule is C1CC[N-]CC1.Fc1[c-]c(F)c(F)c(F)c1F.[Au]. The molecule has 0 spiro atoms. The Morgan fingerprint density at radius 3 is 1.44 bits per heavy atom. The number of benzene rings is 1. The topological polar surface area (TPSA) is 14.1 Å². The molecule has 0 amide bonds. The van der Waals surface area contributed by atoms with Gasteiger partial charge < -0.3 is 5.32 Å². The molecule has 0 saturated carbocycles. The molecule has 0 aromatic heterocycles. The Morgan fingerprint density at radius 2 is 1.17 bits per heavy atom. The number of nitrogens with zero attached hydrogens (tertiary/aromatic N) is 1. The van der Waals surface area contributed by atoms with E-state index < -0.39 is 29.1 Å². The molecule has 1 fully saturated rings. The van der Waals surface area contributed by atoms with Crippen LogP contribution >= 0.6 is 0 Å². The van der Waals surface area contributed by atoms with Crippen LogP contribution in [0.4, 0.5) is 22.0 Å². The van der Waals surface area contributed by atoms with Crippen molar-refractivity contribution in [3.63, 3.8) is 0 Å². The van der Waals surface area contributed by atoms with Gasteiger partial charge in [-0.05, 0) is 0 Å². The van der Waals surface area contributed by atoms with Crippen LogP contribution in [0.2, 0.25) is 0 Å². The number of halogens is 5. The van der Waals surface area contributed by atoms with E-state index in [-0.39, 0.29) is 22.4 Å². The van der Waals surface area contributed by atoms with Gasteiger partial charge in [-0.3, -0.25) is 8.78 Å². The van der Waals surface area contributed by atoms with E-state index in [1.165, 1.54) is 19.3 Å². The van der Waals surface area contributed by atoms with E-state index >= 15 is 0 Å². The number of hydrogen-bond donors (Lipinski definition) is 0. The van der Waals surface area contributed by atoms with Gasteiger partial charge in [0.2, 0.25) is 0 Å². The molecule has 2 rings (SSSR count). The van der Waals surface area contributed by atoms with Gasteiger partial charge in [-0.1, -0.05) is 19.3 Å². The fraction of sp³-hybridized carbons (Fsp3) is 0.455. The Morgan fingerprint density at radius 1 is 0.722 bits per heavy atom. The van der Waals surface area contributed by atoms with Crippen LogP contribution in [0.25, 0.3) is 5.32 Å². The van der Waals surface area contributed by atoms with Crippen molar-refractivity contribution in [3.8, 4) is 0 Å². The summed E-state index contributed by atoms with van der Waals surface area (Å²) in [6, 6.07) is 1.02. The summed E-state index contributed by atoms with van der Waals surface area (Å²) < 4.78 is 59.9. The third-order valence-electron chi connectivity index (χ3n) is 2.12. The quantitative estimate of drug-likeness (QED) is 0.189. The van der Waals surface area contributed by atoms with Gasteiger partial charge in [-0.15, -0.1) is 19.2 Å². The van der Waals surface area contributed by atoms with Gasteiger partial charge in [0.25, 0.3) is 0 Å². The van der Waals surface area contributed by atoms with E-state index in [9.17, 15) is 22.0 Å². The molecule has 0 aliphatic carbocycles. The maximum absolute atomic E-state index is 12.0. The third kappa shape index (κ3) is 5.06. The number of hydrogen-bond acceptors (Lipinski definition) is 0. The van der Waals surface area contributed by atoms with Crippen molar-refractivity contribution in [3.05, 3.63) is 40.5 Å². The van der Waals surface area contributed by atoms with E-state index in [1.807, 2.05) is 0 Å². The van der Waals surface area contributed by atoms with E-state index in [2.05, 4.69) is 5.32 Å². The van der Waals surface area contributed by atoms with Gasteiger partial charge in [0.05, 0.1) is 29.1 Å². The molecule has 1 aromatic carbocycles. The maximum Gasteiger partial charge on any atom is 0.0893 e. The molecule has 18 heavy (non-hydrogen) atoms. The normalized spacial score (nSPS) is 14.3. The molecule has 107 valence electrons. The Balaban J connectivity index is 0.000000352. The first kappa shape index (κ1) is 17.6. The second-order valence-corrected chi connectivity index (χ2v) is 3.43. The van der Waals surface area contributed by atoms with Gasteiger partial charge in [-0.2, -0.15) is 0 Å². The van der Waals surface area contributed by atoms with Crippen molar-refractivity contribution in [2.45, 2.75) is 19.3 Å². The molecule has 1 saturated heterocycles. The summed E-state index contributed by atoms with van der Waals surface area (Å²) >= 11 is 0. The minimum absolute atomic E-state index is 0. The Bertz CT molecular complexity index is 344. The van der Waals surface area contributed by atoms with Crippen LogP contribution in [0.5, 0.6) is 0 Å². The molecule has 0 atom stereocenters. The third-order valence-corrected chi connectivity index (χ3v) is 2.12. The zero-order valence-corrected chi connectivity index (χ0v) is 11.3. The minimum atomic E-state index is -2.17. The molecular weight excluding hydrogens is 438 g/mol. The predicted octanol–water partition coefficient (Wildman–Crippen LogP) is 3.72. The Kier molecular flexibility index (Phi) is 8.43. The smallest absolute Gasteiger partial charge is 0.0893 e. The zero-order chi connectivity index (χ0) is 12.8. The maximum atomic E-state index is 12.0. The van der Waals surface area contributed by atoms with Gasteiger partial charge in [-0.25, -0.2) is 13.2 Å². The fourth-order valence-corrected chi connectivity index (χ4v) is 1.23. The van der Waals surface area contributed by atoms with Gasteiger partial charge in [0.15, 0.2) is 0 Å². The fourth-order valence-electron chi connectivity index (χ4n) is 1.23. The molecule has 0 unspecified atom stereocenters. The van der Waals surface area contributed by atoms with E-state index in [4.69, 9.17) is 0 Å². The molecule has 1 nitrogen and oxygen atoms in total. The standard InChI is InChI=1S/C6F5.C5H10N.Au/c7-2-1-3(8)5(10)6(11)4(2)9;1-2-4-6-5-3-1;/h;1-5H2;/q2*-1;. The molecule has 0 bridgehead atoms. The van der Waals surface area contributed by atoms with Crippen molar-refractivity contribution in [2.24, 2.45) is 0 Å². The number of rotatable bonds is 0. The van der Waals surface area contributed by atoms with E-state index in [1.54, 1.807) is 0 Å². The number of piperidine rings is 1. The van der Waals surface area contributed by atoms with Crippen molar-refractivity contribution < 1.29 is 44.3 Å². The van der Waals surface area contributed by atoms with Crippen molar-refractivity contribution in [1.29, 1.82) is 0 Å². The average molecular weight is 448 g/mol. The molecule has 1 aliphatic rings. The molecule has 1 heterocycles. The van der Waals surface area contributed by atoms with Crippen LogP contribution in [0.3, 0.4) is 0 Å². The Hall–Kier alpha value is -0.430. The monoisotopic (exact) mass is 448 g/mol. The van der Waals surface area contributed by atoms with Gasteiger partial charge in [0.1, 0.15) is 0 Å². The second-order valence-electron chi connectivity index (χ2n) is 3.43. The van der Waals surface area contributed by atoms with Crippen LogP contribution in [0.15, 0.2) is 0 Å². The molecule has 1 aliphatic heterocycles. The van der Waals surface area contributed by atoms with Crippen LogP contribution in [0.1, 0.15) is 19.3 Å². The van der Waals surface area contributed by atoms with Crippen LogP contribution in [0, 0.1) is 35.2 Å². The summed E-state index contributed by atoms with van der Waals surface area (Å²) in [6.07, 6.45) is 4.07. The predicted molar refractivity (Wildman–Crippen MR) is 52.0 cm³/mol. The summed E-state index contributed by atoms with van der Waals surface area (Å²) in [5.74, 6) is -10.0. The largest absolute Gasteiger partial charge is 0.662 e. The average Bonchev–Trinajstić information content (AvgIpc) is 2.37. The van der Waals surface area contributed by atoms with Crippen molar-refractivity contribution in [1.82, 2.24) is 0 Å². The Labute approximate surface area is 117 Å². The summed E-state index contributed by atoms with van der Waals surface area (Å²) in [7, 11) is 0. The van der Waals surface area contributed by atoms with Gasteiger partial charge in [0, 0.05) is 22.4 Å². The molecular formula is C11H10AuF5N-2. The van der Waals surface area contributed by atoms with Crippen molar-refractivity contribution in [2.75, 3.05) is 13.1 Å². The van der Waals surface area contributed by atoms with E-state index in [0.717, 1.165) is 19.2 Å². The summed E-state index contributed by atoms with van der Waals surface area (Å²) in [4.78, 5) is 0. The molecule has 0 N–H and O–H groups in total. The summed E-state index contributed by atoms with van der Waals surface area (Å²) in [5, 5.41) is 4.18. The van der Waals surface area contributed by atoms with Crippen LogP contribution < -0.4 is 0 Å². The first-order valence-corrected chi connectivity index (χ1v) is 5.08. The second kappa shape index (κ2) is 8.63. The minimum Gasteiger partial charge on any atom is -0.662 e. The molecule has 1 aromatic rings. The summed E-state index contributed by atoms with van der Waals surface area (Å²) in [5.41, 5.74) is 0. The van der Waals surface area contributed by atoms with Crippen LogP contribution in [-0.4, -0.2) is 13.1 Å². The molecule has 1 radical (unpaired) electrons. The van der Waals surface area contributed by atoms with Crippen LogP contribution in [-0.2, 0) is 22.4 Å². The summed E-state index contributed by atoms with van der Waals surface area (Å²) in [6.45, 7) is 2.25. The molecule has 7 heteroatoms. The van der Waals surface area contributed by atoms with Gasteiger partial charge >= 0.3 is 0 Å². The zero-order valence-electron chi connectivity index (χ0n) is 9.17.